The van der Waals surface area contributed by atoms with Gasteiger partial charge in [-0.15, -0.1) is 11.3 Å². The van der Waals surface area contributed by atoms with Crippen molar-refractivity contribution < 1.29 is 13.5 Å². The van der Waals surface area contributed by atoms with E-state index < -0.39 is 6.61 Å². The van der Waals surface area contributed by atoms with Crippen molar-refractivity contribution in [2.75, 3.05) is 0 Å². The van der Waals surface area contributed by atoms with Crippen LogP contribution < -0.4 is 19.5 Å². The Balaban J connectivity index is 2.20. The molecule has 8 heteroatoms. The van der Waals surface area contributed by atoms with Crippen molar-refractivity contribution in [1.29, 1.82) is 10.5 Å². The average molecular weight is 395 g/mol. The van der Waals surface area contributed by atoms with Crippen LogP contribution in [0.4, 0.5) is 8.78 Å². The number of nitrogens with zero attached hydrogens (tertiary/aromatic N) is 3. The number of hydrogen-bond donors (Lipinski definition) is 0. The first-order valence-electron chi connectivity index (χ1n) is 7.92. The lowest BCUT2D eigenvalue weighted by atomic mass is 10.2. The number of ether oxygens (including phenoxy) is 1. The topological polar surface area (TPSA) is 78.8 Å². The number of halogens is 2. The first kappa shape index (κ1) is 19.0. The third kappa shape index (κ3) is 3.98. The summed E-state index contributed by atoms with van der Waals surface area (Å²) < 4.78 is 30.6. The van der Waals surface area contributed by atoms with E-state index in [2.05, 4.69) is 4.74 Å². The summed E-state index contributed by atoms with van der Waals surface area (Å²) in [5, 5.41) is 18.5. The Morgan fingerprint density at radius 2 is 1.71 bits per heavy atom. The smallest absolute Gasteiger partial charge is 0.387 e. The molecule has 28 heavy (non-hydrogen) atoms. The maximum absolute atomic E-state index is 12.9. The first-order valence-corrected chi connectivity index (χ1v) is 8.73. The Morgan fingerprint density at radius 1 is 1.07 bits per heavy atom. The van der Waals surface area contributed by atoms with E-state index in [0.717, 1.165) is 11.3 Å². The molecule has 0 aliphatic rings. The average Bonchev–Trinajstić information content (AvgIpc) is 3.01. The van der Waals surface area contributed by atoms with Gasteiger partial charge in [0.05, 0.1) is 10.2 Å². The summed E-state index contributed by atoms with van der Waals surface area (Å²) in [6, 6.07) is 18.1. The third-order valence-corrected chi connectivity index (χ3v) is 4.77. The lowest BCUT2D eigenvalue weighted by Gasteiger charge is -2.03. The highest BCUT2D eigenvalue weighted by molar-refractivity contribution is 7.07. The molecule has 3 aromatic rings. The number of alkyl halides is 2. The summed E-state index contributed by atoms with van der Waals surface area (Å²) in [5.74, 6) is 0.00490. The maximum Gasteiger partial charge on any atom is 0.387 e. The van der Waals surface area contributed by atoms with E-state index >= 15 is 0 Å². The summed E-state index contributed by atoms with van der Waals surface area (Å²) in [6.07, 6.45) is 1.56. The lowest BCUT2D eigenvalue weighted by Crippen LogP contribution is -2.30. The van der Waals surface area contributed by atoms with Gasteiger partial charge in [0.25, 0.3) is 5.56 Å². The van der Waals surface area contributed by atoms with E-state index in [-0.39, 0.29) is 21.5 Å². The van der Waals surface area contributed by atoms with Crippen molar-refractivity contribution in [2.45, 2.75) is 6.61 Å². The van der Waals surface area contributed by atoms with Gasteiger partial charge in [-0.05, 0) is 35.9 Å². The molecule has 0 saturated carbocycles. The molecule has 0 bridgehead atoms. The van der Waals surface area contributed by atoms with Crippen LogP contribution in [0.15, 0.2) is 59.4 Å². The highest BCUT2D eigenvalue weighted by Gasteiger charge is 2.11. The van der Waals surface area contributed by atoms with E-state index in [1.54, 1.807) is 36.4 Å². The van der Waals surface area contributed by atoms with Crippen molar-refractivity contribution in [1.82, 2.24) is 4.57 Å². The molecule has 0 unspecified atom stereocenters. The van der Waals surface area contributed by atoms with E-state index in [4.69, 9.17) is 0 Å². The van der Waals surface area contributed by atoms with E-state index in [1.165, 1.54) is 28.8 Å². The van der Waals surface area contributed by atoms with Crippen molar-refractivity contribution in [3.8, 4) is 23.6 Å². The summed E-state index contributed by atoms with van der Waals surface area (Å²) in [4.78, 5) is 12.9. The molecular weight excluding hydrogens is 384 g/mol. The van der Waals surface area contributed by atoms with Crippen molar-refractivity contribution in [2.24, 2.45) is 0 Å². The van der Waals surface area contributed by atoms with E-state index in [1.807, 2.05) is 12.1 Å². The lowest BCUT2D eigenvalue weighted by molar-refractivity contribution is -0.0498. The molecule has 0 spiro atoms. The molecule has 0 aliphatic heterocycles. The Morgan fingerprint density at radius 3 is 2.29 bits per heavy atom. The van der Waals surface area contributed by atoms with Crippen LogP contribution in [0.25, 0.3) is 17.3 Å². The Kier molecular flexibility index (Phi) is 5.64. The minimum atomic E-state index is -2.92. The van der Waals surface area contributed by atoms with Crippen molar-refractivity contribution in [3.63, 3.8) is 0 Å². The fourth-order valence-electron chi connectivity index (χ4n) is 2.48. The number of nitriles is 2. The molecule has 0 radical (unpaired) electrons. The minimum absolute atomic E-state index is 0.00490. The second-order valence-corrected chi connectivity index (χ2v) is 6.47. The van der Waals surface area contributed by atoms with Crippen molar-refractivity contribution in [3.05, 3.63) is 79.7 Å². The highest BCUT2D eigenvalue weighted by Crippen LogP contribution is 2.15. The zero-order valence-corrected chi connectivity index (χ0v) is 15.0. The van der Waals surface area contributed by atoms with Gasteiger partial charge in [0, 0.05) is 0 Å². The van der Waals surface area contributed by atoms with E-state index in [0.29, 0.717) is 15.8 Å². The highest BCUT2D eigenvalue weighted by atomic mass is 32.1. The predicted octanol–water partition coefficient (Wildman–Crippen LogP) is 2.53. The van der Waals surface area contributed by atoms with Gasteiger partial charge in [0.2, 0.25) is 0 Å². The van der Waals surface area contributed by atoms with Gasteiger partial charge >= 0.3 is 6.61 Å². The van der Waals surface area contributed by atoms with Crippen LogP contribution in [0.1, 0.15) is 5.56 Å². The Bertz CT molecular complexity index is 1230. The monoisotopic (exact) mass is 395 g/mol. The summed E-state index contributed by atoms with van der Waals surface area (Å²) >= 11 is 1.01. The number of para-hydroxylation sites is 1. The summed E-state index contributed by atoms with van der Waals surface area (Å²) in [6.45, 7) is -2.92. The van der Waals surface area contributed by atoms with Crippen LogP contribution in [0, 0.1) is 22.7 Å². The number of thiazole rings is 1. The standard InChI is InChI=1S/C20H11F2N3O2S/c21-20(22)27-16-8-6-13(7-9-16)10-17-18(26)25(15-4-2-1-3-5-15)19(28-17)14(11-23)12-24/h1-10,20H/b17-10-. The molecule has 0 saturated heterocycles. The number of aromatic nitrogens is 1. The van der Waals surface area contributed by atoms with Gasteiger partial charge in [-0.25, -0.2) is 0 Å². The maximum atomic E-state index is 12.9. The van der Waals surface area contributed by atoms with Crippen LogP contribution in [0.5, 0.6) is 5.75 Å². The molecule has 0 fully saturated rings. The van der Waals surface area contributed by atoms with Gasteiger partial charge in [-0.1, -0.05) is 30.3 Å². The quantitative estimate of drug-likeness (QED) is 0.680. The molecular formula is C20H11F2N3O2S. The number of hydrogen-bond acceptors (Lipinski definition) is 5. The fourth-order valence-corrected chi connectivity index (χ4v) is 3.53. The summed E-state index contributed by atoms with van der Waals surface area (Å²) in [7, 11) is 0. The predicted molar refractivity (Wildman–Crippen MR) is 100 cm³/mol. The van der Waals surface area contributed by atoms with Crippen LogP contribution >= 0.6 is 11.3 Å². The molecule has 1 heterocycles. The zero-order valence-electron chi connectivity index (χ0n) is 14.2. The zero-order chi connectivity index (χ0) is 20.1. The van der Waals surface area contributed by atoms with Gasteiger partial charge in [0.1, 0.15) is 22.6 Å². The normalized spacial score (nSPS) is 11.1. The molecule has 0 amide bonds. The van der Waals surface area contributed by atoms with E-state index in [9.17, 15) is 24.1 Å². The largest absolute Gasteiger partial charge is 0.435 e. The van der Waals surface area contributed by atoms with Gasteiger partial charge in [-0.2, -0.15) is 19.3 Å². The molecule has 1 aromatic heterocycles. The van der Waals surface area contributed by atoms with Crippen LogP contribution in [0.3, 0.4) is 0 Å². The second kappa shape index (κ2) is 8.30. The molecule has 0 aliphatic carbocycles. The molecule has 138 valence electrons. The Hall–Kier alpha value is -3.75. The van der Waals surface area contributed by atoms with Gasteiger partial charge in [0.15, 0.2) is 5.57 Å². The fraction of sp³-hybridized carbons (Fsp3) is 0.0500. The SMILES string of the molecule is N#CC(C#N)=c1s/c(=C\c2ccc(OC(F)F)cc2)c(=O)n1-c1ccccc1. The summed E-state index contributed by atoms with van der Waals surface area (Å²) in [5.41, 5.74) is 0.553. The Labute approximate surface area is 161 Å². The second-order valence-electron chi connectivity index (χ2n) is 5.44. The molecule has 0 N–H and O–H groups in total. The van der Waals surface area contributed by atoms with Crippen LogP contribution in [0.2, 0.25) is 0 Å². The number of benzene rings is 2. The number of rotatable bonds is 4. The first-order chi connectivity index (χ1) is 13.5. The third-order valence-electron chi connectivity index (χ3n) is 3.68. The van der Waals surface area contributed by atoms with Gasteiger partial charge < -0.3 is 4.74 Å². The van der Waals surface area contributed by atoms with Crippen LogP contribution in [-0.2, 0) is 0 Å². The van der Waals surface area contributed by atoms with Gasteiger partial charge in [-0.3, -0.25) is 9.36 Å². The van der Waals surface area contributed by atoms with Crippen LogP contribution in [-0.4, -0.2) is 11.2 Å². The molecule has 0 atom stereocenters. The molecule has 5 nitrogen and oxygen atoms in total. The van der Waals surface area contributed by atoms with Crippen molar-refractivity contribution >= 4 is 23.0 Å². The molecule has 3 rings (SSSR count). The minimum Gasteiger partial charge on any atom is -0.435 e. The molecule has 2 aromatic carbocycles.